The van der Waals surface area contributed by atoms with Crippen LogP contribution in [-0.2, 0) is 6.42 Å². The zero-order chi connectivity index (χ0) is 11.4. The molecule has 0 amide bonds. The topological polar surface area (TPSA) is 38.0 Å². The highest BCUT2D eigenvalue weighted by atomic mass is 14.9. The molecule has 2 heteroatoms. The Morgan fingerprint density at radius 1 is 1.31 bits per heavy atom. The third kappa shape index (κ3) is 2.99. The van der Waals surface area contributed by atoms with Gasteiger partial charge in [0.2, 0.25) is 0 Å². The van der Waals surface area contributed by atoms with Crippen LogP contribution in [-0.4, -0.2) is 12.6 Å². The molecule has 0 atom stereocenters. The third-order valence-corrected chi connectivity index (χ3v) is 3.48. The van der Waals surface area contributed by atoms with Gasteiger partial charge in [0.15, 0.2) is 0 Å². The highest BCUT2D eigenvalue weighted by molar-refractivity contribution is 5.46. The fourth-order valence-electron chi connectivity index (χ4n) is 2.42. The van der Waals surface area contributed by atoms with Gasteiger partial charge in [-0.2, -0.15) is 0 Å². The zero-order valence-electron chi connectivity index (χ0n) is 10.1. The van der Waals surface area contributed by atoms with E-state index in [1.54, 1.807) is 0 Å². The van der Waals surface area contributed by atoms with E-state index in [2.05, 4.69) is 24.4 Å². The molecule has 0 spiro atoms. The minimum absolute atomic E-state index is 0.781. The summed E-state index contributed by atoms with van der Waals surface area (Å²) in [5, 5.41) is 3.60. The minimum Gasteiger partial charge on any atom is -0.399 e. The van der Waals surface area contributed by atoms with Gasteiger partial charge in [0.05, 0.1) is 0 Å². The van der Waals surface area contributed by atoms with Gasteiger partial charge in [-0.25, -0.2) is 0 Å². The van der Waals surface area contributed by atoms with Gasteiger partial charge < -0.3 is 11.1 Å². The first-order chi connectivity index (χ1) is 7.75. The van der Waals surface area contributed by atoms with Gasteiger partial charge >= 0.3 is 0 Å². The Kier molecular flexibility index (Phi) is 3.83. The average molecular weight is 218 g/mol. The number of nitrogen functional groups attached to an aromatic ring is 1. The first kappa shape index (κ1) is 11.5. The number of hydrogen-bond acceptors (Lipinski definition) is 2. The molecule has 3 N–H and O–H groups in total. The summed E-state index contributed by atoms with van der Waals surface area (Å²) in [5.41, 5.74) is 8.11. The van der Waals surface area contributed by atoms with Crippen LogP contribution >= 0.6 is 0 Å². The van der Waals surface area contributed by atoms with E-state index in [4.69, 9.17) is 5.73 Å². The molecule has 0 saturated heterocycles. The molecular formula is C14H22N2. The summed E-state index contributed by atoms with van der Waals surface area (Å²) >= 11 is 0. The fourth-order valence-corrected chi connectivity index (χ4v) is 2.42. The lowest BCUT2D eigenvalue weighted by atomic mass is 9.82. The lowest BCUT2D eigenvalue weighted by Gasteiger charge is -2.33. The summed E-state index contributed by atoms with van der Waals surface area (Å²) in [6.07, 6.45) is 4.97. The van der Waals surface area contributed by atoms with Crippen LogP contribution in [0.1, 0.15) is 31.7 Å². The number of para-hydroxylation sites is 1. The molecule has 0 radical (unpaired) electrons. The summed E-state index contributed by atoms with van der Waals surface area (Å²) in [5.74, 6) is 0.933. The third-order valence-electron chi connectivity index (χ3n) is 3.48. The Bertz CT molecular complexity index is 329. The maximum atomic E-state index is 5.90. The number of rotatable bonds is 5. The molecule has 88 valence electrons. The molecule has 1 aromatic carbocycles. The molecule has 0 heterocycles. The van der Waals surface area contributed by atoms with Gasteiger partial charge in [-0.3, -0.25) is 0 Å². The van der Waals surface area contributed by atoms with Crippen molar-refractivity contribution in [3.8, 4) is 0 Å². The Morgan fingerprint density at radius 3 is 2.75 bits per heavy atom. The van der Waals surface area contributed by atoms with E-state index < -0.39 is 0 Å². The van der Waals surface area contributed by atoms with E-state index in [0.717, 1.165) is 30.6 Å². The molecule has 0 aromatic heterocycles. The highest BCUT2D eigenvalue weighted by Crippen LogP contribution is 2.26. The van der Waals surface area contributed by atoms with E-state index >= 15 is 0 Å². The number of aryl methyl sites for hydroxylation is 1. The van der Waals surface area contributed by atoms with Gasteiger partial charge in [0.1, 0.15) is 0 Å². The molecule has 0 aliphatic heterocycles. The van der Waals surface area contributed by atoms with Gasteiger partial charge in [0.25, 0.3) is 0 Å². The van der Waals surface area contributed by atoms with Crippen molar-refractivity contribution < 1.29 is 0 Å². The first-order valence-corrected chi connectivity index (χ1v) is 6.32. The second-order valence-electron chi connectivity index (χ2n) is 5.03. The van der Waals surface area contributed by atoms with Crippen molar-refractivity contribution in [3.63, 3.8) is 0 Å². The molecule has 0 unspecified atom stereocenters. The van der Waals surface area contributed by atoms with Crippen molar-refractivity contribution in [2.24, 2.45) is 5.92 Å². The van der Waals surface area contributed by atoms with Crippen molar-refractivity contribution >= 4 is 5.69 Å². The van der Waals surface area contributed by atoms with Crippen LogP contribution in [0.5, 0.6) is 0 Å². The Morgan fingerprint density at radius 2 is 2.06 bits per heavy atom. The minimum atomic E-state index is 0.781. The Labute approximate surface area is 98.2 Å². The highest BCUT2D eigenvalue weighted by Gasteiger charge is 2.23. The quantitative estimate of drug-likeness (QED) is 0.589. The van der Waals surface area contributed by atoms with Crippen LogP contribution in [0.2, 0.25) is 0 Å². The van der Waals surface area contributed by atoms with Crippen molar-refractivity contribution in [3.05, 3.63) is 29.8 Å². The first-order valence-electron chi connectivity index (χ1n) is 6.32. The smallest absolute Gasteiger partial charge is 0.0346 e. The van der Waals surface area contributed by atoms with Crippen molar-refractivity contribution in [1.82, 2.24) is 5.32 Å². The van der Waals surface area contributed by atoms with Crippen molar-refractivity contribution in [2.45, 2.75) is 38.6 Å². The number of nitrogens with one attached hydrogen (secondary N) is 1. The number of benzene rings is 1. The predicted molar refractivity (Wildman–Crippen MR) is 69.4 cm³/mol. The van der Waals surface area contributed by atoms with Crippen LogP contribution in [0.25, 0.3) is 0 Å². The lowest BCUT2D eigenvalue weighted by molar-refractivity contribution is 0.242. The molecule has 16 heavy (non-hydrogen) atoms. The maximum Gasteiger partial charge on any atom is 0.0346 e. The van der Waals surface area contributed by atoms with E-state index in [1.807, 2.05) is 12.1 Å². The normalized spacial score (nSPS) is 24.1. The largest absolute Gasteiger partial charge is 0.399 e. The molecule has 1 aliphatic rings. The van der Waals surface area contributed by atoms with E-state index in [1.165, 1.54) is 24.8 Å². The Hall–Kier alpha value is -1.02. The van der Waals surface area contributed by atoms with Gasteiger partial charge in [-0.1, -0.05) is 25.1 Å². The van der Waals surface area contributed by atoms with Crippen molar-refractivity contribution in [1.29, 1.82) is 0 Å². The van der Waals surface area contributed by atoms with E-state index in [-0.39, 0.29) is 0 Å². The average Bonchev–Trinajstić information content (AvgIpc) is 2.23. The molecular weight excluding hydrogens is 196 g/mol. The molecule has 0 bridgehead atoms. The second-order valence-corrected chi connectivity index (χ2v) is 5.03. The molecule has 2 rings (SSSR count). The molecule has 1 saturated carbocycles. The van der Waals surface area contributed by atoms with Crippen LogP contribution in [0, 0.1) is 5.92 Å². The molecule has 1 aromatic rings. The molecule has 2 nitrogen and oxygen atoms in total. The molecule has 1 aliphatic carbocycles. The van der Waals surface area contributed by atoms with Gasteiger partial charge in [-0.15, -0.1) is 0 Å². The summed E-state index contributed by atoms with van der Waals surface area (Å²) in [7, 11) is 0. The molecule has 1 fully saturated rings. The van der Waals surface area contributed by atoms with Crippen LogP contribution in [0.4, 0.5) is 5.69 Å². The van der Waals surface area contributed by atoms with Gasteiger partial charge in [0, 0.05) is 11.7 Å². The van der Waals surface area contributed by atoms with Crippen molar-refractivity contribution in [2.75, 3.05) is 12.3 Å². The monoisotopic (exact) mass is 218 g/mol. The van der Waals surface area contributed by atoms with Crippen LogP contribution in [0.3, 0.4) is 0 Å². The fraction of sp³-hybridized carbons (Fsp3) is 0.571. The van der Waals surface area contributed by atoms with E-state index in [0.29, 0.717) is 0 Å². The number of hydrogen-bond donors (Lipinski definition) is 2. The summed E-state index contributed by atoms with van der Waals surface area (Å²) < 4.78 is 0. The van der Waals surface area contributed by atoms with Crippen LogP contribution in [0.15, 0.2) is 24.3 Å². The maximum absolute atomic E-state index is 5.90. The van der Waals surface area contributed by atoms with E-state index in [9.17, 15) is 0 Å². The summed E-state index contributed by atoms with van der Waals surface area (Å²) in [6, 6.07) is 8.94. The second kappa shape index (κ2) is 5.35. The van der Waals surface area contributed by atoms with Gasteiger partial charge in [-0.05, 0) is 49.8 Å². The SMILES string of the molecule is CC1CC(NCCCc2ccccc2N)C1. The predicted octanol–water partition coefficient (Wildman–Crippen LogP) is 2.59. The summed E-state index contributed by atoms with van der Waals surface area (Å²) in [6.45, 7) is 3.44. The zero-order valence-corrected chi connectivity index (χ0v) is 10.1. The lowest BCUT2D eigenvalue weighted by Crippen LogP contribution is -2.40. The van der Waals surface area contributed by atoms with Crippen LogP contribution < -0.4 is 11.1 Å². The number of anilines is 1. The summed E-state index contributed by atoms with van der Waals surface area (Å²) in [4.78, 5) is 0. The Balaban J connectivity index is 1.63. The number of nitrogens with two attached hydrogens (primary N) is 1. The standard InChI is InChI=1S/C14H22N2/c1-11-9-13(10-11)16-8-4-6-12-5-2-3-7-14(12)15/h2-3,5,7,11,13,16H,4,6,8-10,15H2,1H3.